The van der Waals surface area contributed by atoms with Gasteiger partial charge in [-0.05, 0) is 26.9 Å². The van der Waals surface area contributed by atoms with Gasteiger partial charge in [-0.2, -0.15) is 0 Å². The molecule has 0 saturated carbocycles. The molecule has 0 N–H and O–H groups in total. The molecule has 0 aliphatic carbocycles. The third-order valence-electron chi connectivity index (χ3n) is 3.59. The molecule has 1 unspecified atom stereocenters. The fourth-order valence-electron chi connectivity index (χ4n) is 2.34. The zero-order valence-corrected chi connectivity index (χ0v) is 12.1. The van der Waals surface area contributed by atoms with Crippen molar-refractivity contribution in [2.24, 2.45) is 0 Å². The molecule has 0 aliphatic heterocycles. The van der Waals surface area contributed by atoms with Crippen LogP contribution in [0.15, 0.2) is 0 Å². The Hall–Kier alpha value is -0.0400. The van der Waals surface area contributed by atoms with Crippen molar-refractivity contribution < 1.29 is 0 Å². The van der Waals surface area contributed by atoms with Gasteiger partial charge in [-0.1, -0.05) is 65.2 Å². The maximum absolute atomic E-state index is 2.38. The van der Waals surface area contributed by atoms with Crippen LogP contribution in [-0.4, -0.2) is 25.0 Å². The lowest BCUT2D eigenvalue weighted by molar-refractivity contribution is 0.264. The molecule has 0 amide bonds. The zero-order chi connectivity index (χ0) is 12.2. The van der Waals surface area contributed by atoms with E-state index in [4.69, 9.17) is 0 Å². The molecule has 0 aliphatic rings. The summed E-state index contributed by atoms with van der Waals surface area (Å²) in [4.78, 5) is 2.38. The second-order valence-electron chi connectivity index (χ2n) is 5.29. The average Bonchev–Trinajstić information content (AvgIpc) is 2.26. The molecule has 0 aromatic rings. The SMILES string of the molecule is CCCCCCCCCCC(CC)N(C)C. The third-order valence-corrected chi connectivity index (χ3v) is 3.59. The van der Waals surface area contributed by atoms with Gasteiger partial charge in [0.2, 0.25) is 0 Å². The molecule has 98 valence electrons. The normalized spacial score (nSPS) is 13.3. The van der Waals surface area contributed by atoms with Crippen molar-refractivity contribution in [3.63, 3.8) is 0 Å². The number of hydrogen-bond acceptors (Lipinski definition) is 1. The summed E-state index contributed by atoms with van der Waals surface area (Å²) in [5.41, 5.74) is 0. The van der Waals surface area contributed by atoms with Crippen LogP contribution in [0.25, 0.3) is 0 Å². The predicted octanol–water partition coefficient (Wildman–Crippen LogP) is 4.86. The molecule has 0 radical (unpaired) electrons. The molecule has 1 nitrogen and oxygen atoms in total. The van der Waals surface area contributed by atoms with Gasteiger partial charge in [-0.15, -0.1) is 0 Å². The van der Waals surface area contributed by atoms with E-state index in [9.17, 15) is 0 Å². The minimum atomic E-state index is 0.806. The second kappa shape index (κ2) is 11.4. The Morgan fingerprint density at radius 2 is 1.25 bits per heavy atom. The Bertz CT molecular complexity index is 131. The van der Waals surface area contributed by atoms with Crippen molar-refractivity contribution >= 4 is 0 Å². The lowest BCUT2D eigenvalue weighted by atomic mass is 10.0. The Morgan fingerprint density at radius 3 is 1.69 bits per heavy atom. The van der Waals surface area contributed by atoms with Gasteiger partial charge in [-0.3, -0.25) is 0 Å². The Balaban J connectivity index is 3.19. The third kappa shape index (κ3) is 9.21. The molecular weight excluding hydrogens is 194 g/mol. The highest BCUT2D eigenvalue weighted by Gasteiger charge is 2.07. The average molecular weight is 227 g/mol. The smallest absolute Gasteiger partial charge is 0.00865 e. The lowest BCUT2D eigenvalue weighted by Gasteiger charge is -2.22. The minimum Gasteiger partial charge on any atom is -0.306 e. The molecule has 0 bridgehead atoms. The number of hydrogen-bond donors (Lipinski definition) is 0. The van der Waals surface area contributed by atoms with E-state index in [0.717, 1.165) is 6.04 Å². The van der Waals surface area contributed by atoms with Crippen molar-refractivity contribution in [1.82, 2.24) is 4.90 Å². The van der Waals surface area contributed by atoms with Crippen LogP contribution in [0.3, 0.4) is 0 Å². The Morgan fingerprint density at radius 1 is 0.750 bits per heavy atom. The van der Waals surface area contributed by atoms with Gasteiger partial charge >= 0.3 is 0 Å². The molecule has 0 spiro atoms. The monoisotopic (exact) mass is 227 g/mol. The van der Waals surface area contributed by atoms with E-state index < -0.39 is 0 Å². The first-order valence-electron chi connectivity index (χ1n) is 7.38. The van der Waals surface area contributed by atoms with E-state index in [1.54, 1.807) is 0 Å². The number of unbranched alkanes of at least 4 members (excludes halogenated alkanes) is 7. The highest BCUT2D eigenvalue weighted by molar-refractivity contribution is 4.63. The minimum absolute atomic E-state index is 0.806. The zero-order valence-electron chi connectivity index (χ0n) is 12.1. The van der Waals surface area contributed by atoms with Crippen molar-refractivity contribution in [2.75, 3.05) is 14.1 Å². The highest BCUT2D eigenvalue weighted by atomic mass is 15.1. The van der Waals surface area contributed by atoms with Gasteiger partial charge in [0.15, 0.2) is 0 Å². The summed E-state index contributed by atoms with van der Waals surface area (Å²) >= 11 is 0. The summed E-state index contributed by atoms with van der Waals surface area (Å²) in [6.45, 7) is 4.58. The molecule has 0 fully saturated rings. The van der Waals surface area contributed by atoms with Crippen LogP contribution in [0.4, 0.5) is 0 Å². The van der Waals surface area contributed by atoms with E-state index in [1.165, 1.54) is 64.2 Å². The number of rotatable bonds is 11. The van der Waals surface area contributed by atoms with Crippen molar-refractivity contribution in [2.45, 2.75) is 84.1 Å². The quantitative estimate of drug-likeness (QED) is 0.456. The van der Waals surface area contributed by atoms with Gasteiger partial charge in [0.25, 0.3) is 0 Å². The van der Waals surface area contributed by atoms with Gasteiger partial charge in [0, 0.05) is 6.04 Å². The largest absolute Gasteiger partial charge is 0.306 e. The van der Waals surface area contributed by atoms with Crippen molar-refractivity contribution in [1.29, 1.82) is 0 Å². The molecule has 0 aromatic carbocycles. The maximum Gasteiger partial charge on any atom is 0.00865 e. The molecule has 0 aromatic heterocycles. The highest BCUT2D eigenvalue weighted by Crippen LogP contribution is 2.13. The Kier molecular flexibility index (Phi) is 11.4. The number of nitrogens with zero attached hydrogens (tertiary/aromatic N) is 1. The van der Waals surface area contributed by atoms with Crippen LogP contribution in [0, 0.1) is 0 Å². The van der Waals surface area contributed by atoms with Crippen molar-refractivity contribution in [3.8, 4) is 0 Å². The summed E-state index contributed by atoms with van der Waals surface area (Å²) in [6.07, 6.45) is 14.2. The van der Waals surface area contributed by atoms with Crippen molar-refractivity contribution in [3.05, 3.63) is 0 Å². The molecule has 16 heavy (non-hydrogen) atoms. The first-order valence-corrected chi connectivity index (χ1v) is 7.38. The van der Waals surface area contributed by atoms with E-state index >= 15 is 0 Å². The van der Waals surface area contributed by atoms with Gasteiger partial charge < -0.3 is 4.90 Å². The molecule has 0 saturated heterocycles. The van der Waals surface area contributed by atoms with E-state index in [0.29, 0.717) is 0 Å². The fraction of sp³-hybridized carbons (Fsp3) is 1.00. The Labute approximate surface area is 104 Å². The summed E-state index contributed by atoms with van der Waals surface area (Å²) in [7, 11) is 4.41. The molecular formula is C15H33N. The van der Waals surface area contributed by atoms with E-state index in [2.05, 4.69) is 32.8 Å². The van der Waals surface area contributed by atoms with Gasteiger partial charge in [0.1, 0.15) is 0 Å². The van der Waals surface area contributed by atoms with E-state index in [1.807, 2.05) is 0 Å². The first-order chi connectivity index (χ1) is 7.72. The molecule has 0 heterocycles. The van der Waals surface area contributed by atoms with Crippen LogP contribution < -0.4 is 0 Å². The predicted molar refractivity (Wildman–Crippen MR) is 75.0 cm³/mol. The van der Waals surface area contributed by atoms with Crippen LogP contribution in [0.2, 0.25) is 0 Å². The summed E-state index contributed by atoms with van der Waals surface area (Å²) in [6, 6.07) is 0.806. The lowest BCUT2D eigenvalue weighted by Crippen LogP contribution is -2.26. The fourth-order valence-corrected chi connectivity index (χ4v) is 2.34. The van der Waals surface area contributed by atoms with Gasteiger partial charge in [0.05, 0.1) is 0 Å². The summed E-state index contributed by atoms with van der Waals surface area (Å²) < 4.78 is 0. The summed E-state index contributed by atoms with van der Waals surface area (Å²) in [5.74, 6) is 0. The van der Waals surface area contributed by atoms with Crippen LogP contribution in [0.5, 0.6) is 0 Å². The van der Waals surface area contributed by atoms with E-state index in [-0.39, 0.29) is 0 Å². The summed E-state index contributed by atoms with van der Waals surface area (Å²) in [5, 5.41) is 0. The van der Waals surface area contributed by atoms with Gasteiger partial charge in [-0.25, -0.2) is 0 Å². The van der Waals surface area contributed by atoms with Crippen LogP contribution >= 0.6 is 0 Å². The van der Waals surface area contributed by atoms with Crippen LogP contribution in [-0.2, 0) is 0 Å². The molecule has 0 rings (SSSR count). The standard InChI is InChI=1S/C15H33N/c1-5-7-8-9-10-11-12-13-14-15(6-2)16(3)4/h15H,5-14H2,1-4H3. The molecule has 1 heteroatoms. The van der Waals surface area contributed by atoms with Crippen LogP contribution in [0.1, 0.15) is 78.1 Å². The topological polar surface area (TPSA) is 3.24 Å². The maximum atomic E-state index is 2.38. The second-order valence-corrected chi connectivity index (χ2v) is 5.29. The first kappa shape index (κ1) is 16.0. The molecule has 1 atom stereocenters.